The van der Waals surface area contributed by atoms with Crippen molar-refractivity contribution in [1.82, 2.24) is 20.8 Å². The molecular formula is C8H14N4S. The molecule has 0 bridgehead atoms. The second-order valence-corrected chi connectivity index (χ2v) is 3.10. The summed E-state index contributed by atoms with van der Waals surface area (Å²) in [5.74, 6) is 0. The number of nitrogens with zero attached hydrogens (tertiary/aromatic N) is 1. The Morgan fingerprint density at radius 1 is 1.62 bits per heavy atom. The van der Waals surface area contributed by atoms with E-state index in [1.807, 2.05) is 6.07 Å². The summed E-state index contributed by atoms with van der Waals surface area (Å²) in [5.41, 5.74) is 1.03. The molecule has 0 saturated heterocycles. The van der Waals surface area contributed by atoms with Gasteiger partial charge in [0.05, 0.1) is 12.2 Å². The van der Waals surface area contributed by atoms with Gasteiger partial charge in [-0.2, -0.15) is 5.10 Å². The first-order valence-corrected chi connectivity index (χ1v) is 4.73. The van der Waals surface area contributed by atoms with Gasteiger partial charge in [0, 0.05) is 12.7 Å². The first kappa shape index (κ1) is 9.98. The summed E-state index contributed by atoms with van der Waals surface area (Å²) in [4.78, 5) is 0. The molecule has 0 spiro atoms. The molecule has 0 saturated carbocycles. The largest absolute Gasteiger partial charge is 0.363 e. The van der Waals surface area contributed by atoms with Gasteiger partial charge >= 0.3 is 0 Å². The molecule has 1 aromatic heterocycles. The summed E-state index contributed by atoms with van der Waals surface area (Å²) in [6.07, 6.45) is 2.80. The van der Waals surface area contributed by atoms with Crippen LogP contribution in [0.1, 0.15) is 19.0 Å². The van der Waals surface area contributed by atoms with Crippen LogP contribution in [0.5, 0.6) is 0 Å². The quantitative estimate of drug-likeness (QED) is 0.626. The van der Waals surface area contributed by atoms with Crippen LogP contribution in [0.15, 0.2) is 12.3 Å². The predicted octanol–water partition coefficient (Wildman–Crippen LogP) is 0.784. The average molecular weight is 198 g/mol. The topological polar surface area (TPSA) is 52.7 Å². The molecule has 13 heavy (non-hydrogen) atoms. The third-order valence-corrected chi connectivity index (χ3v) is 1.82. The number of aromatic amines is 1. The van der Waals surface area contributed by atoms with Gasteiger partial charge in [0.25, 0.3) is 0 Å². The zero-order valence-electron chi connectivity index (χ0n) is 7.63. The summed E-state index contributed by atoms with van der Waals surface area (Å²) < 4.78 is 0. The zero-order valence-corrected chi connectivity index (χ0v) is 8.45. The fraction of sp³-hybridized carbons (Fsp3) is 0.500. The number of rotatable bonds is 4. The van der Waals surface area contributed by atoms with Crippen molar-refractivity contribution >= 4 is 17.3 Å². The first-order valence-electron chi connectivity index (χ1n) is 4.33. The molecule has 72 valence electrons. The Hall–Kier alpha value is -1.10. The van der Waals surface area contributed by atoms with Crippen LogP contribution in [0.4, 0.5) is 0 Å². The summed E-state index contributed by atoms with van der Waals surface area (Å²) in [7, 11) is 0. The van der Waals surface area contributed by atoms with Gasteiger partial charge in [-0.3, -0.25) is 5.10 Å². The van der Waals surface area contributed by atoms with E-state index in [2.05, 4.69) is 27.8 Å². The molecule has 0 amide bonds. The summed E-state index contributed by atoms with van der Waals surface area (Å²) >= 11 is 5.04. The van der Waals surface area contributed by atoms with Crippen LogP contribution in [0.25, 0.3) is 0 Å². The predicted molar refractivity (Wildman–Crippen MR) is 56.3 cm³/mol. The van der Waals surface area contributed by atoms with Gasteiger partial charge < -0.3 is 10.6 Å². The van der Waals surface area contributed by atoms with Gasteiger partial charge in [0.2, 0.25) is 0 Å². The van der Waals surface area contributed by atoms with Crippen LogP contribution in [-0.4, -0.2) is 21.9 Å². The van der Waals surface area contributed by atoms with Crippen LogP contribution in [0.3, 0.4) is 0 Å². The fourth-order valence-electron chi connectivity index (χ4n) is 0.860. The smallest absolute Gasteiger partial charge is 0.166 e. The molecule has 4 nitrogen and oxygen atoms in total. The monoisotopic (exact) mass is 198 g/mol. The molecule has 0 aliphatic heterocycles. The lowest BCUT2D eigenvalue weighted by atomic mass is 10.4. The molecule has 1 rings (SSSR count). The molecule has 0 radical (unpaired) electrons. The van der Waals surface area contributed by atoms with Crippen molar-refractivity contribution in [2.24, 2.45) is 0 Å². The minimum Gasteiger partial charge on any atom is -0.363 e. The molecule has 0 fully saturated rings. The van der Waals surface area contributed by atoms with Crippen LogP contribution in [0.2, 0.25) is 0 Å². The van der Waals surface area contributed by atoms with Crippen molar-refractivity contribution in [1.29, 1.82) is 0 Å². The Balaban J connectivity index is 2.15. The second kappa shape index (κ2) is 5.53. The molecule has 3 N–H and O–H groups in total. The number of thiocarbonyl (C=S) groups is 1. The second-order valence-electron chi connectivity index (χ2n) is 2.69. The van der Waals surface area contributed by atoms with E-state index < -0.39 is 0 Å². The summed E-state index contributed by atoms with van der Waals surface area (Å²) in [6, 6.07) is 1.91. The van der Waals surface area contributed by atoms with Crippen molar-refractivity contribution in [3.05, 3.63) is 18.0 Å². The average Bonchev–Trinajstić information content (AvgIpc) is 2.64. The van der Waals surface area contributed by atoms with E-state index in [0.717, 1.165) is 18.7 Å². The lowest BCUT2D eigenvalue weighted by Crippen LogP contribution is -2.35. The molecular weight excluding hydrogens is 184 g/mol. The summed E-state index contributed by atoms with van der Waals surface area (Å²) in [6.45, 7) is 3.70. The van der Waals surface area contributed by atoms with Crippen LogP contribution in [-0.2, 0) is 6.54 Å². The SMILES string of the molecule is CCCNC(=S)NCc1ccn[nH]1. The number of hydrogen-bond donors (Lipinski definition) is 3. The van der Waals surface area contributed by atoms with Gasteiger partial charge in [-0.15, -0.1) is 0 Å². The highest BCUT2D eigenvalue weighted by Gasteiger charge is 1.95. The third-order valence-electron chi connectivity index (χ3n) is 1.53. The Bertz CT molecular complexity index is 245. The molecule has 0 aliphatic rings. The molecule has 0 aliphatic carbocycles. The number of hydrogen-bond acceptors (Lipinski definition) is 2. The third kappa shape index (κ3) is 3.89. The highest BCUT2D eigenvalue weighted by molar-refractivity contribution is 7.80. The van der Waals surface area contributed by atoms with Crippen LogP contribution < -0.4 is 10.6 Å². The first-order chi connectivity index (χ1) is 6.33. The maximum atomic E-state index is 5.04. The standard InChI is InChI=1S/C8H14N4S/c1-2-4-9-8(13)10-6-7-3-5-11-12-7/h3,5H,2,4,6H2,1H3,(H,11,12)(H2,9,10,13). The normalized spacial score (nSPS) is 9.62. The molecule has 0 aromatic carbocycles. The molecule has 0 unspecified atom stereocenters. The highest BCUT2D eigenvalue weighted by Crippen LogP contribution is 1.89. The number of nitrogens with one attached hydrogen (secondary N) is 3. The van der Waals surface area contributed by atoms with E-state index in [1.54, 1.807) is 6.20 Å². The van der Waals surface area contributed by atoms with Gasteiger partial charge in [-0.1, -0.05) is 6.92 Å². The van der Waals surface area contributed by atoms with Gasteiger partial charge in [0.15, 0.2) is 5.11 Å². The Morgan fingerprint density at radius 3 is 3.08 bits per heavy atom. The zero-order chi connectivity index (χ0) is 9.52. The van der Waals surface area contributed by atoms with Gasteiger partial charge in [-0.05, 0) is 24.7 Å². The van der Waals surface area contributed by atoms with E-state index in [1.165, 1.54) is 0 Å². The number of H-pyrrole nitrogens is 1. The maximum absolute atomic E-state index is 5.04. The molecule has 0 atom stereocenters. The van der Waals surface area contributed by atoms with Gasteiger partial charge in [0.1, 0.15) is 0 Å². The lowest BCUT2D eigenvalue weighted by molar-refractivity contribution is 0.787. The van der Waals surface area contributed by atoms with Gasteiger partial charge in [-0.25, -0.2) is 0 Å². The molecule has 1 heterocycles. The van der Waals surface area contributed by atoms with E-state index in [9.17, 15) is 0 Å². The van der Waals surface area contributed by atoms with Crippen molar-refractivity contribution in [2.45, 2.75) is 19.9 Å². The van der Waals surface area contributed by atoms with Crippen LogP contribution in [0, 0.1) is 0 Å². The van der Waals surface area contributed by atoms with Crippen molar-refractivity contribution in [2.75, 3.05) is 6.54 Å². The minimum atomic E-state index is 0.690. The van der Waals surface area contributed by atoms with E-state index in [4.69, 9.17) is 12.2 Å². The lowest BCUT2D eigenvalue weighted by Gasteiger charge is -2.07. The Labute approximate surface area is 83.1 Å². The van der Waals surface area contributed by atoms with Crippen LogP contribution >= 0.6 is 12.2 Å². The van der Waals surface area contributed by atoms with E-state index in [-0.39, 0.29) is 0 Å². The molecule has 1 aromatic rings. The van der Waals surface area contributed by atoms with E-state index >= 15 is 0 Å². The van der Waals surface area contributed by atoms with Crippen molar-refractivity contribution in [3.63, 3.8) is 0 Å². The Kier molecular flexibility index (Phi) is 4.25. The van der Waals surface area contributed by atoms with E-state index in [0.29, 0.717) is 11.7 Å². The Morgan fingerprint density at radius 2 is 2.46 bits per heavy atom. The van der Waals surface area contributed by atoms with Crippen molar-refractivity contribution < 1.29 is 0 Å². The maximum Gasteiger partial charge on any atom is 0.166 e. The highest BCUT2D eigenvalue weighted by atomic mass is 32.1. The summed E-state index contributed by atoms with van der Waals surface area (Å²) in [5, 5.41) is 13.5. The fourth-order valence-corrected chi connectivity index (χ4v) is 1.03. The minimum absolute atomic E-state index is 0.690. The molecule has 5 heteroatoms. The van der Waals surface area contributed by atoms with Crippen molar-refractivity contribution in [3.8, 4) is 0 Å². The number of aromatic nitrogens is 2.